The number of nitrogens with zero attached hydrogens (tertiary/aromatic N) is 1. The summed E-state index contributed by atoms with van der Waals surface area (Å²) < 4.78 is 23.2. The smallest absolute Gasteiger partial charge is 0.268 e. The topological polar surface area (TPSA) is 108 Å². The number of rotatable bonds is 44. The third-order valence-electron chi connectivity index (χ3n) is 10.7. The number of likely N-dealkylation sites (N-methyl/N-ethyl adjacent to an activating group) is 1. The van der Waals surface area contributed by atoms with Gasteiger partial charge in [-0.3, -0.25) is 9.36 Å². The van der Waals surface area contributed by atoms with Crippen molar-refractivity contribution < 1.29 is 32.9 Å². The van der Waals surface area contributed by atoms with E-state index >= 15 is 0 Å². The van der Waals surface area contributed by atoms with Crippen LogP contribution in [-0.2, 0) is 18.4 Å². The first kappa shape index (κ1) is 57.5. The van der Waals surface area contributed by atoms with Crippen molar-refractivity contribution in [3.05, 3.63) is 48.6 Å². The van der Waals surface area contributed by atoms with E-state index in [0.717, 1.165) is 51.4 Å². The van der Waals surface area contributed by atoms with Gasteiger partial charge in [0, 0.05) is 6.42 Å². The zero-order valence-corrected chi connectivity index (χ0v) is 40.1. The molecule has 59 heavy (non-hydrogen) atoms. The van der Waals surface area contributed by atoms with Gasteiger partial charge < -0.3 is 28.8 Å². The molecule has 0 saturated heterocycles. The number of carbonyl (C=O) groups excluding carboxylic acids is 1. The van der Waals surface area contributed by atoms with Crippen molar-refractivity contribution in [2.45, 2.75) is 225 Å². The highest BCUT2D eigenvalue weighted by Gasteiger charge is 2.23. The van der Waals surface area contributed by atoms with E-state index in [0.29, 0.717) is 17.4 Å². The van der Waals surface area contributed by atoms with Gasteiger partial charge in [-0.25, -0.2) is 0 Å². The summed E-state index contributed by atoms with van der Waals surface area (Å²) in [6, 6.07) is -0.911. The minimum atomic E-state index is -4.60. The molecule has 0 fully saturated rings. The van der Waals surface area contributed by atoms with E-state index in [4.69, 9.17) is 9.05 Å². The van der Waals surface area contributed by atoms with Gasteiger partial charge in [0.25, 0.3) is 7.82 Å². The van der Waals surface area contributed by atoms with Crippen molar-refractivity contribution in [3.8, 4) is 0 Å². The fourth-order valence-corrected chi connectivity index (χ4v) is 7.55. The van der Waals surface area contributed by atoms with Gasteiger partial charge >= 0.3 is 0 Å². The van der Waals surface area contributed by atoms with E-state index in [1.165, 1.54) is 141 Å². The molecule has 0 aromatic carbocycles. The predicted octanol–water partition coefficient (Wildman–Crippen LogP) is 13.4. The molecule has 0 heterocycles. The van der Waals surface area contributed by atoms with Crippen molar-refractivity contribution in [2.24, 2.45) is 0 Å². The Labute approximate surface area is 365 Å². The third kappa shape index (κ3) is 44.3. The summed E-state index contributed by atoms with van der Waals surface area (Å²) in [4.78, 5) is 25.3. The number of allylic oxidation sites excluding steroid dienone is 7. The second kappa shape index (κ2) is 41.8. The number of carbonyl (C=O) groups is 1. The second-order valence-corrected chi connectivity index (χ2v) is 19.2. The van der Waals surface area contributed by atoms with Gasteiger partial charge in [0.2, 0.25) is 5.91 Å². The Hall–Kier alpha value is -1.54. The first-order valence-corrected chi connectivity index (χ1v) is 26.0. The number of aliphatic hydroxyl groups is 1. The van der Waals surface area contributed by atoms with Gasteiger partial charge in [0.1, 0.15) is 13.2 Å². The molecule has 0 bridgehead atoms. The maximum atomic E-state index is 12.9. The predicted molar refractivity (Wildman–Crippen MR) is 251 cm³/mol. The lowest BCUT2D eigenvalue weighted by molar-refractivity contribution is -0.870. The Morgan fingerprint density at radius 2 is 0.949 bits per heavy atom. The van der Waals surface area contributed by atoms with Crippen LogP contribution in [0.5, 0.6) is 0 Å². The van der Waals surface area contributed by atoms with Crippen LogP contribution in [-0.4, -0.2) is 68.5 Å². The average Bonchev–Trinajstić information content (AvgIpc) is 3.19. The average molecular weight is 851 g/mol. The molecule has 2 N–H and O–H groups in total. The normalized spacial score (nSPS) is 14.6. The van der Waals surface area contributed by atoms with Gasteiger partial charge in [0.05, 0.1) is 39.9 Å². The molecule has 1 amide bonds. The molecule has 346 valence electrons. The van der Waals surface area contributed by atoms with E-state index in [1.807, 2.05) is 27.2 Å². The quantitative estimate of drug-likeness (QED) is 0.0274. The van der Waals surface area contributed by atoms with Crippen LogP contribution in [0, 0.1) is 0 Å². The van der Waals surface area contributed by atoms with Crippen molar-refractivity contribution >= 4 is 13.7 Å². The largest absolute Gasteiger partial charge is 0.756 e. The van der Waals surface area contributed by atoms with E-state index in [9.17, 15) is 19.4 Å². The SMILES string of the molecule is CCCCCC/C=C/CC/C=C/CC/C=C/C(O)C(COP(=O)([O-])OCC[N+](C)(C)C)NC(=O)CCCCCCCCC/C=C\CCCCCCCCCCCCCC. The zero-order valence-electron chi connectivity index (χ0n) is 39.2. The second-order valence-electron chi connectivity index (χ2n) is 17.8. The number of hydrogen-bond acceptors (Lipinski definition) is 6. The van der Waals surface area contributed by atoms with Crippen molar-refractivity contribution in [2.75, 3.05) is 40.9 Å². The van der Waals surface area contributed by atoms with Crippen LogP contribution in [0.3, 0.4) is 0 Å². The molecule has 9 heteroatoms. The number of phosphoric ester groups is 1. The minimum absolute atomic E-state index is 0.0107. The van der Waals surface area contributed by atoms with E-state index < -0.39 is 26.6 Å². The Balaban J connectivity index is 4.33. The van der Waals surface area contributed by atoms with Crippen LogP contribution >= 0.6 is 7.82 Å². The van der Waals surface area contributed by atoms with Crippen LogP contribution in [0.2, 0.25) is 0 Å². The fraction of sp³-hybridized carbons (Fsp3) is 0.820. The van der Waals surface area contributed by atoms with Crippen molar-refractivity contribution in [1.82, 2.24) is 5.32 Å². The van der Waals surface area contributed by atoms with Gasteiger partial charge in [-0.2, -0.15) is 0 Å². The molecule has 0 aliphatic rings. The summed E-state index contributed by atoms with van der Waals surface area (Å²) in [7, 11) is 1.23. The molecular weight excluding hydrogens is 756 g/mol. The molecule has 0 aromatic rings. The van der Waals surface area contributed by atoms with Crippen molar-refractivity contribution in [3.63, 3.8) is 0 Å². The lowest BCUT2D eigenvalue weighted by atomic mass is 10.0. The van der Waals surface area contributed by atoms with Gasteiger partial charge in [-0.05, 0) is 70.6 Å². The summed E-state index contributed by atoms with van der Waals surface area (Å²) in [5.74, 6) is -0.217. The first-order valence-electron chi connectivity index (χ1n) is 24.5. The lowest BCUT2D eigenvalue weighted by Gasteiger charge is -2.29. The highest BCUT2D eigenvalue weighted by atomic mass is 31.2. The Kier molecular flexibility index (Phi) is 40.7. The van der Waals surface area contributed by atoms with E-state index in [2.05, 4.69) is 55.6 Å². The summed E-state index contributed by atoms with van der Waals surface area (Å²) in [5.41, 5.74) is 0. The molecule has 0 aromatic heterocycles. The summed E-state index contributed by atoms with van der Waals surface area (Å²) in [5, 5.41) is 13.8. The highest BCUT2D eigenvalue weighted by molar-refractivity contribution is 7.45. The third-order valence-corrected chi connectivity index (χ3v) is 11.7. The van der Waals surface area contributed by atoms with Crippen molar-refractivity contribution in [1.29, 1.82) is 0 Å². The van der Waals surface area contributed by atoms with Crippen LogP contribution in [0.15, 0.2) is 48.6 Å². The van der Waals surface area contributed by atoms with Gasteiger partial charge in [0.15, 0.2) is 0 Å². The zero-order chi connectivity index (χ0) is 43.6. The molecule has 0 saturated carbocycles. The molecule has 3 atom stereocenters. The van der Waals surface area contributed by atoms with Gasteiger partial charge in [-0.1, -0.05) is 184 Å². The number of unbranched alkanes of at least 4 members (excludes halogenated alkanes) is 25. The molecule has 0 aliphatic heterocycles. The fourth-order valence-electron chi connectivity index (χ4n) is 6.83. The lowest BCUT2D eigenvalue weighted by Crippen LogP contribution is -2.45. The van der Waals surface area contributed by atoms with E-state index in [1.54, 1.807) is 6.08 Å². The van der Waals surface area contributed by atoms with E-state index in [-0.39, 0.29) is 12.5 Å². The van der Waals surface area contributed by atoms with Gasteiger partial charge in [-0.15, -0.1) is 0 Å². The van der Waals surface area contributed by atoms with Crippen LogP contribution in [0.1, 0.15) is 213 Å². The Morgan fingerprint density at radius 1 is 0.576 bits per heavy atom. The maximum Gasteiger partial charge on any atom is 0.268 e. The summed E-state index contributed by atoms with van der Waals surface area (Å²) in [6.45, 7) is 4.59. The monoisotopic (exact) mass is 851 g/mol. The molecule has 0 aliphatic carbocycles. The molecular formula is C50H95N2O6P. The maximum absolute atomic E-state index is 12.9. The number of nitrogens with one attached hydrogen (secondary N) is 1. The van der Waals surface area contributed by atoms with Crippen LogP contribution in [0.25, 0.3) is 0 Å². The summed E-state index contributed by atoms with van der Waals surface area (Å²) >= 11 is 0. The Morgan fingerprint density at radius 3 is 1.39 bits per heavy atom. The number of quaternary nitrogens is 1. The molecule has 8 nitrogen and oxygen atoms in total. The minimum Gasteiger partial charge on any atom is -0.756 e. The van der Waals surface area contributed by atoms with Crippen LogP contribution < -0.4 is 10.2 Å². The molecule has 0 spiro atoms. The standard InChI is InChI=1S/C50H95N2O6P/c1-6-8-10-12-14-16-18-20-22-23-24-25-26-27-28-29-30-32-34-36-38-40-42-44-50(54)51-48(47-58-59(55,56)57-46-45-52(3,4)5)49(53)43-41-39-37-35-33-31-21-19-17-15-13-11-9-7-2/h17,19,27-28,33,35,41,43,48-49,53H,6-16,18,20-26,29-32,34,36-40,42,44-47H2,1-5H3,(H-,51,54,55,56)/b19-17+,28-27-,35-33+,43-41+. The number of amides is 1. The number of aliphatic hydroxyl groups excluding tert-OH is 1. The Bertz CT molecular complexity index is 1100. The van der Waals surface area contributed by atoms with Crippen LogP contribution in [0.4, 0.5) is 0 Å². The molecule has 0 rings (SSSR count). The highest BCUT2D eigenvalue weighted by Crippen LogP contribution is 2.38. The number of phosphoric acid groups is 1. The number of hydrogen-bond donors (Lipinski definition) is 2. The first-order chi connectivity index (χ1) is 28.5. The molecule has 0 radical (unpaired) electrons. The molecule has 3 unspecified atom stereocenters. The summed E-state index contributed by atoms with van der Waals surface area (Å²) in [6.07, 6.45) is 53.1.